The average Bonchev–Trinajstić information content (AvgIpc) is 2.65. The summed E-state index contributed by atoms with van der Waals surface area (Å²) in [6.45, 7) is 0. The smallest absolute Gasteiger partial charge is 0.257 e. The first-order valence-corrected chi connectivity index (χ1v) is 7.68. The highest BCUT2D eigenvalue weighted by Crippen LogP contribution is 2.23. The Hall–Kier alpha value is -3.48. The normalized spacial score (nSPS) is 10.3. The van der Waals surface area contributed by atoms with E-state index >= 15 is 0 Å². The number of rotatable bonds is 5. The quantitative estimate of drug-likeness (QED) is 0.714. The molecule has 3 aromatic rings. The summed E-state index contributed by atoms with van der Waals surface area (Å²) in [6, 6.07) is 11.9. The monoisotopic (exact) mass is 355 g/mol. The molecule has 0 atom stereocenters. The molecule has 0 spiro atoms. The largest absolute Gasteiger partial charge is 0.497 e. The van der Waals surface area contributed by atoms with Gasteiger partial charge in [-0.15, -0.1) is 0 Å². The summed E-state index contributed by atoms with van der Waals surface area (Å²) >= 11 is 0. The molecule has 1 amide bonds. The highest BCUT2D eigenvalue weighted by Gasteiger charge is 2.11. The van der Waals surface area contributed by atoms with Gasteiger partial charge < -0.3 is 15.4 Å². The maximum absolute atomic E-state index is 13.7. The lowest BCUT2D eigenvalue weighted by Gasteiger charge is -2.10. The number of amides is 1. The number of nitrogens with zero attached hydrogens (tertiary/aromatic N) is 1. The second-order valence-electron chi connectivity index (χ2n) is 5.37. The van der Waals surface area contributed by atoms with Crippen molar-refractivity contribution in [1.82, 2.24) is 4.98 Å². The van der Waals surface area contributed by atoms with Crippen molar-refractivity contribution in [2.24, 2.45) is 0 Å². The van der Waals surface area contributed by atoms with Crippen molar-refractivity contribution in [3.8, 4) is 5.75 Å². The lowest BCUT2D eigenvalue weighted by Crippen LogP contribution is -2.12. The number of para-hydroxylation sites is 1. The zero-order chi connectivity index (χ0) is 18.5. The first-order chi connectivity index (χ1) is 12.6. The molecule has 0 bridgehead atoms. The van der Waals surface area contributed by atoms with E-state index in [0.717, 1.165) is 12.1 Å². The van der Waals surface area contributed by atoms with Gasteiger partial charge in [-0.2, -0.15) is 0 Å². The molecule has 0 aliphatic rings. The zero-order valence-electron chi connectivity index (χ0n) is 13.8. The highest BCUT2D eigenvalue weighted by atomic mass is 19.1. The molecule has 0 aliphatic heterocycles. The predicted octanol–water partition coefficient (Wildman–Crippen LogP) is 4.36. The van der Waals surface area contributed by atoms with Crippen LogP contribution in [0.3, 0.4) is 0 Å². The molecule has 0 aliphatic carbocycles. The Morgan fingerprint density at radius 1 is 1.00 bits per heavy atom. The maximum atomic E-state index is 13.7. The maximum Gasteiger partial charge on any atom is 0.257 e. The molecule has 2 aromatic carbocycles. The zero-order valence-corrected chi connectivity index (χ0v) is 13.8. The van der Waals surface area contributed by atoms with Crippen LogP contribution in [0.5, 0.6) is 5.75 Å². The number of hydrogen-bond acceptors (Lipinski definition) is 4. The number of nitrogens with one attached hydrogen (secondary N) is 2. The van der Waals surface area contributed by atoms with Gasteiger partial charge in [0, 0.05) is 18.0 Å². The standard InChI is InChI=1S/C19H15F2N3O2/c1-26-15-5-2-4-13(9-15)24-19(25)12-8-14(11-22-10-12)23-18-16(20)6-3-7-17(18)21/h2-11,23H,1H3,(H,24,25). The Bertz CT molecular complexity index is 927. The van der Waals surface area contributed by atoms with Gasteiger partial charge in [0.1, 0.15) is 23.1 Å². The number of carbonyl (C=O) groups excluding carboxylic acids is 1. The van der Waals surface area contributed by atoms with E-state index < -0.39 is 17.5 Å². The first-order valence-electron chi connectivity index (χ1n) is 7.68. The number of pyridine rings is 1. The van der Waals surface area contributed by atoms with Gasteiger partial charge in [0.15, 0.2) is 0 Å². The Kier molecular flexibility index (Phi) is 5.07. The summed E-state index contributed by atoms with van der Waals surface area (Å²) in [6.07, 6.45) is 2.73. The number of anilines is 3. The SMILES string of the molecule is COc1cccc(NC(=O)c2cncc(Nc3c(F)cccc3F)c2)c1. The summed E-state index contributed by atoms with van der Waals surface area (Å²) in [5.41, 5.74) is 0.759. The van der Waals surface area contributed by atoms with Crippen molar-refractivity contribution in [1.29, 1.82) is 0 Å². The molecular formula is C19H15F2N3O2. The van der Waals surface area contributed by atoms with Crippen LogP contribution in [0.2, 0.25) is 0 Å². The van der Waals surface area contributed by atoms with E-state index in [2.05, 4.69) is 15.6 Å². The van der Waals surface area contributed by atoms with E-state index in [4.69, 9.17) is 4.74 Å². The molecule has 5 nitrogen and oxygen atoms in total. The molecule has 1 aromatic heterocycles. The third kappa shape index (κ3) is 3.94. The lowest BCUT2D eigenvalue weighted by molar-refractivity contribution is 0.102. The molecule has 132 valence electrons. The molecule has 26 heavy (non-hydrogen) atoms. The molecule has 2 N–H and O–H groups in total. The number of carbonyl (C=O) groups is 1. The van der Waals surface area contributed by atoms with Gasteiger partial charge in [0.05, 0.1) is 24.6 Å². The third-order valence-electron chi connectivity index (χ3n) is 3.56. The molecule has 3 rings (SSSR count). The number of ether oxygens (including phenoxy) is 1. The molecular weight excluding hydrogens is 340 g/mol. The fourth-order valence-electron chi connectivity index (χ4n) is 2.30. The van der Waals surface area contributed by atoms with Crippen molar-refractivity contribution < 1.29 is 18.3 Å². The number of methoxy groups -OCH3 is 1. The van der Waals surface area contributed by atoms with Crippen LogP contribution >= 0.6 is 0 Å². The van der Waals surface area contributed by atoms with Gasteiger partial charge in [0.2, 0.25) is 0 Å². The average molecular weight is 355 g/mol. The van der Waals surface area contributed by atoms with Crippen LogP contribution in [0.4, 0.5) is 25.8 Å². The van der Waals surface area contributed by atoms with Crippen LogP contribution in [-0.4, -0.2) is 18.0 Å². The second kappa shape index (κ2) is 7.60. The van der Waals surface area contributed by atoms with Crippen molar-refractivity contribution >= 4 is 23.0 Å². The molecule has 0 unspecified atom stereocenters. The van der Waals surface area contributed by atoms with Crippen LogP contribution < -0.4 is 15.4 Å². The third-order valence-corrected chi connectivity index (χ3v) is 3.56. The van der Waals surface area contributed by atoms with Gasteiger partial charge in [-0.3, -0.25) is 9.78 Å². The fraction of sp³-hybridized carbons (Fsp3) is 0.0526. The van der Waals surface area contributed by atoms with Crippen LogP contribution in [0.15, 0.2) is 60.9 Å². The number of aromatic nitrogens is 1. The van der Waals surface area contributed by atoms with E-state index in [0.29, 0.717) is 11.4 Å². The first kappa shape index (κ1) is 17.3. The van der Waals surface area contributed by atoms with E-state index in [1.807, 2.05) is 0 Å². The molecule has 7 heteroatoms. The summed E-state index contributed by atoms with van der Waals surface area (Å²) in [4.78, 5) is 16.3. The summed E-state index contributed by atoms with van der Waals surface area (Å²) in [7, 11) is 1.53. The molecule has 0 saturated carbocycles. The summed E-state index contributed by atoms with van der Waals surface area (Å²) < 4.78 is 32.6. The van der Waals surface area contributed by atoms with Crippen molar-refractivity contribution in [3.63, 3.8) is 0 Å². The Labute approximate surface area is 148 Å². The minimum atomic E-state index is -0.740. The van der Waals surface area contributed by atoms with Crippen molar-refractivity contribution in [3.05, 3.63) is 78.1 Å². The van der Waals surface area contributed by atoms with Gasteiger partial charge >= 0.3 is 0 Å². The number of hydrogen-bond donors (Lipinski definition) is 2. The minimum Gasteiger partial charge on any atom is -0.497 e. The summed E-state index contributed by atoms with van der Waals surface area (Å²) in [5, 5.41) is 5.32. The summed E-state index contributed by atoms with van der Waals surface area (Å²) in [5.74, 6) is -1.29. The van der Waals surface area contributed by atoms with Gasteiger partial charge in [0.25, 0.3) is 5.91 Å². The van der Waals surface area contributed by atoms with E-state index in [-0.39, 0.29) is 16.9 Å². The van der Waals surface area contributed by atoms with E-state index in [1.165, 1.54) is 31.6 Å². The van der Waals surface area contributed by atoms with E-state index in [1.54, 1.807) is 24.3 Å². The topological polar surface area (TPSA) is 63.2 Å². The van der Waals surface area contributed by atoms with Crippen LogP contribution in [0.1, 0.15) is 10.4 Å². The predicted molar refractivity (Wildman–Crippen MR) is 94.8 cm³/mol. The number of halogens is 2. The van der Waals surface area contributed by atoms with E-state index in [9.17, 15) is 13.6 Å². The Balaban J connectivity index is 1.79. The van der Waals surface area contributed by atoms with Gasteiger partial charge in [-0.05, 0) is 30.3 Å². The van der Waals surface area contributed by atoms with Crippen LogP contribution in [0, 0.1) is 11.6 Å². The van der Waals surface area contributed by atoms with Gasteiger partial charge in [-0.25, -0.2) is 8.78 Å². The fourth-order valence-corrected chi connectivity index (χ4v) is 2.30. The van der Waals surface area contributed by atoms with Crippen LogP contribution in [-0.2, 0) is 0 Å². The Morgan fingerprint density at radius 3 is 2.46 bits per heavy atom. The van der Waals surface area contributed by atoms with Crippen LogP contribution in [0.25, 0.3) is 0 Å². The second-order valence-corrected chi connectivity index (χ2v) is 5.37. The van der Waals surface area contributed by atoms with Gasteiger partial charge in [-0.1, -0.05) is 12.1 Å². The molecule has 1 heterocycles. The highest BCUT2D eigenvalue weighted by molar-refractivity contribution is 6.04. The van der Waals surface area contributed by atoms with Crippen molar-refractivity contribution in [2.75, 3.05) is 17.7 Å². The Morgan fingerprint density at radius 2 is 1.73 bits per heavy atom. The van der Waals surface area contributed by atoms with Crippen molar-refractivity contribution in [2.45, 2.75) is 0 Å². The molecule has 0 fully saturated rings. The molecule has 0 saturated heterocycles. The minimum absolute atomic E-state index is 0.231. The lowest BCUT2D eigenvalue weighted by atomic mass is 10.2. The number of benzene rings is 2. The molecule has 0 radical (unpaired) electrons.